The third-order valence-electron chi connectivity index (χ3n) is 7.66. The SMILES string of the molecule is COc1ccc2c(c1)CCN(C1CCN(C(=O)CNC(=O)c3cc(C)c4nc(CCC#N)[nH]c4c3)CC1)C(=O)N2. The third-order valence-corrected chi connectivity index (χ3v) is 7.66. The number of carbonyl (C=O) groups is 3. The van der Waals surface area contributed by atoms with Crippen LogP contribution in [-0.2, 0) is 17.6 Å². The molecule has 0 atom stereocenters. The van der Waals surface area contributed by atoms with Crippen LogP contribution in [0.1, 0.15) is 46.6 Å². The first-order valence-corrected chi connectivity index (χ1v) is 13.5. The normalized spacial score (nSPS) is 15.7. The molecule has 2 aliphatic heterocycles. The average molecular weight is 544 g/mol. The molecule has 0 spiro atoms. The van der Waals surface area contributed by atoms with E-state index in [1.54, 1.807) is 24.1 Å². The number of carbonyl (C=O) groups excluding carboxylic acids is 3. The zero-order valence-corrected chi connectivity index (χ0v) is 22.7. The van der Waals surface area contributed by atoms with Crippen molar-refractivity contribution in [3.8, 4) is 11.8 Å². The first-order chi connectivity index (χ1) is 19.4. The van der Waals surface area contributed by atoms with Gasteiger partial charge in [0, 0.05) is 49.8 Å². The summed E-state index contributed by atoms with van der Waals surface area (Å²) in [5.74, 6) is 0.986. The molecule has 2 aromatic carbocycles. The smallest absolute Gasteiger partial charge is 0.322 e. The number of fused-ring (bicyclic) bond motifs is 2. The van der Waals surface area contributed by atoms with E-state index < -0.39 is 0 Å². The van der Waals surface area contributed by atoms with Crippen molar-refractivity contribution in [3.05, 3.63) is 52.8 Å². The summed E-state index contributed by atoms with van der Waals surface area (Å²) < 4.78 is 5.32. The molecule has 5 rings (SSSR count). The molecule has 11 nitrogen and oxygen atoms in total. The number of ether oxygens (including phenoxy) is 1. The van der Waals surface area contributed by atoms with Crippen molar-refractivity contribution < 1.29 is 19.1 Å². The van der Waals surface area contributed by atoms with Crippen molar-refractivity contribution in [2.24, 2.45) is 0 Å². The minimum Gasteiger partial charge on any atom is -0.497 e. The number of likely N-dealkylation sites (tertiary alicyclic amines) is 1. The largest absolute Gasteiger partial charge is 0.497 e. The monoisotopic (exact) mass is 543 g/mol. The summed E-state index contributed by atoms with van der Waals surface area (Å²) >= 11 is 0. The Bertz CT molecular complexity index is 1480. The molecule has 0 unspecified atom stereocenters. The van der Waals surface area contributed by atoms with Gasteiger partial charge in [0.25, 0.3) is 5.91 Å². The summed E-state index contributed by atoms with van der Waals surface area (Å²) in [5, 5.41) is 14.6. The fourth-order valence-electron chi connectivity index (χ4n) is 5.47. The Morgan fingerprint density at radius 3 is 2.75 bits per heavy atom. The number of aryl methyl sites for hydroxylation is 2. The molecule has 3 N–H and O–H groups in total. The Labute approximate surface area is 232 Å². The average Bonchev–Trinajstić information content (AvgIpc) is 3.31. The number of aromatic nitrogens is 2. The van der Waals surface area contributed by atoms with Crippen LogP contribution in [0.25, 0.3) is 11.0 Å². The highest BCUT2D eigenvalue weighted by Gasteiger charge is 2.31. The van der Waals surface area contributed by atoms with Crippen molar-refractivity contribution in [2.45, 2.75) is 45.1 Å². The maximum atomic E-state index is 12.9. The number of rotatable bonds is 7. The number of piperidine rings is 1. The quantitative estimate of drug-likeness (QED) is 0.418. The maximum absolute atomic E-state index is 12.9. The number of hydrogen-bond acceptors (Lipinski definition) is 6. The van der Waals surface area contributed by atoms with E-state index in [1.165, 1.54) is 0 Å². The number of nitriles is 1. The number of urea groups is 1. The van der Waals surface area contributed by atoms with E-state index in [-0.39, 0.29) is 30.4 Å². The van der Waals surface area contributed by atoms with E-state index >= 15 is 0 Å². The number of anilines is 1. The summed E-state index contributed by atoms with van der Waals surface area (Å²) in [5.41, 5.74) is 4.63. The Hall–Kier alpha value is -4.59. The number of amides is 4. The number of aromatic amines is 1. The number of nitrogens with zero attached hydrogens (tertiary/aromatic N) is 4. The number of H-pyrrole nitrogens is 1. The lowest BCUT2D eigenvalue weighted by atomic mass is 10.0. The standard InChI is InChI=1S/C29H33N7O4/c1-18-14-20(16-24-27(18)34-25(32-24)4-3-10-30)28(38)31-17-26(37)35-11-8-21(9-12-35)36-13-7-19-15-22(40-2)5-6-23(19)33-29(36)39/h5-6,14-16,21H,3-4,7-9,11-13,17H2,1-2H3,(H,31,38)(H,32,34)(H,33,39). The zero-order valence-electron chi connectivity index (χ0n) is 22.7. The molecular weight excluding hydrogens is 510 g/mol. The Balaban J connectivity index is 1.13. The highest BCUT2D eigenvalue weighted by molar-refractivity contribution is 5.99. The Kier molecular flexibility index (Phi) is 7.86. The van der Waals surface area contributed by atoms with E-state index in [1.807, 2.05) is 30.0 Å². The zero-order chi connectivity index (χ0) is 28.2. The molecule has 0 bridgehead atoms. The molecule has 40 heavy (non-hydrogen) atoms. The van der Waals surface area contributed by atoms with Gasteiger partial charge in [-0.3, -0.25) is 9.59 Å². The van der Waals surface area contributed by atoms with Crippen LogP contribution >= 0.6 is 0 Å². The van der Waals surface area contributed by atoms with E-state index in [0.717, 1.165) is 40.0 Å². The van der Waals surface area contributed by atoms with Gasteiger partial charge in [-0.15, -0.1) is 0 Å². The Morgan fingerprint density at radius 1 is 1.20 bits per heavy atom. The summed E-state index contributed by atoms with van der Waals surface area (Å²) in [7, 11) is 1.63. The van der Waals surface area contributed by atoms with Crippen LogP contribution in [0, 0.1) is 18.3 Å². The molecule has 2 aliphatic rings. The van der Waals surface area contributed by atoms with Crippen molar-refractivity contribution >= 4 is 34.6 Å². The Morgan fingerprint density at radius 2 is 2.00 bits per heavy atom. The molecule has 4 amide bonds. The molecule has 1 fully saturated rings. The van der Waals surface area contributed by atoms with Crippen LogP contribution in [0.2, 0.25) is 0 Å². The second-order valence-electron chi connectivity index (χ2n) is 10.2. The predicted molar refractivity (Wildman–Crippen MR) is 149 cm³/mol. The van der Waals surface area contributed by atoms with E-state index in [2.05, 4.69) is 26.7 Å². The van der Waals surface area contributed by atoms with E-state index in [0.29, 0.717) is 56.7 Å². The number of benzene rings is 2. The lowest BCUT2D eigenvalue weighted by molar-refractivity contribution is -0.131. The molecule has 3 heterocycles. The van der Waals surface area contributed by atoms with Gasteiger partial charge in [-0.1, -0.05) is 0 Å². The molecule has 1 saturated heterocycles. The van der Waals surface area contributed by atoms with Crippen molar-refractivity contribution in [3.63, 3.8) is 0 Å². The maximum Gasteiger partial charge on any atom is 0.322 e. The molecule has 1 aromatic heterocycles. The van der Waals surface area contributed by atoms with Gasteiger partial charge in [0.2, 0.25) is 5.91 Å². The van der Waals surface area contributed by atoms with Gasteiger partial charge in [-0.2, -0.15) is 5.26 Å². The second-order valence-corrected chi connectivity index (χ2v) is 10.2. The van der Waals surface area contributed by atoms with Crippen LogP contribution in [0.4, 0.5) is 10.5 Å². The van der Waals surface area contributed by atoms with Crippen LogP contribution in [0.3, 0.4) is 0 Å². The molecule has 0 saturated carbocycles. The van der Waals surface area contributed by atoms with Crippen LogP contribution in [-0.4, -0.2) is 76.9 Å². The molecule has 0 radical (unpaired) electrons. The highest BCUT2D eigenvalue weighted by Crippen LogP contribution is 2.28. The molecule has 11 heteroatoms. The number of imidazole rings is 1. The highest BCUT2D eigenvalue weighted by atomic mass is 16.5. The lowest BCUT2D eigenvalue weighted by Gasteiger charge is -2.38. The molecule has 0 aliphatic carbocycles. The van der Waals surface area contributed by atoms with Gasteiger partial charge in [-0.05, 0) is 67.6 Å². The number of methoxy groups -OCH3 is 1. The van der Waals surface area contributed by atoms with E-state index in [4.69, 9.17) is 10.00 Å². The van der Waals surface area contributed by atoms with E-state index in [9.17, 15) is 14.4 Å². The fraction of sp³-hybridized carbons (Fsp3) is 0.414. The van der Waals surface area contributed by atoms with Gasteiger partial charge in [0.05, 0.1) is 30.8 Å². The summed E-state index contributed by atoms with van der Waals surface area (Å²) in [4.78, 5) is 50.0. The predicted octanol–water partition coefficient (Wildman–Crippen LogP) is 3.15. The molecular formula is C29H33N7O4. The number of hydrogen-bond donors (Lipinski definition) is 3. The first kappa shape index (κ1) is 27.0. The minimum absolute atomic E-state index is 0.0389. The topological polar surface area (TPSA) is 143 Å². The van der Waals surface area contributed by atoms with Gasteiger partial charge >= 0.3 is 6.03 Å². The fourth-order valence-corrected chi connectivity index (χ4v) is 5.47. The van der Waals surface area contributed by atoms with Gasteiger partial charge in [0.1, 0.15) is 11.6 Å². The van der Waals surface area contributed by atoms with Crippen molar-refractivity contribution in [2.75, 3.05) is 38.6 Å². The van der Waals surface area contributed by atoms with Crippen molar-refractivity contribution in [1.82, 2.24) is 25.1 Å². The molecule has 3 aromatic rings. The summed E-state index contributed by atoms with van der Waals surface area (Å²) in [6.45, 7) is 3.42. The number of nitrogens with one attached hydrogen (secondary N) is 3. The van der Waals surface area contributed by atoms with Gasteiger partial charge < -0.3 is 30.2 Å². The second kappa shape index (κ2) is 11.7. The minimum atomic E-state index is -0.334. The lowest BCUT2D eigenvalue weighted by Crippen LogP contribution is -2.51. The van der Waals surface area contributed by atoms with Gasteiger partial charge in [-0.25, -0.2) is 9.78 Å². The van der Waals surface area contributed by atoms with Crippen LogP contribution < -0.4 is 15.4 Å². The van der Waals surface area contributed by atoms with Crippen LogP contribution in [0.5, 0.6) is 5.75 Å². The summed E-state index contributed by atoms with van der Waals surface area (Å²) in [6, 6.07) is 11.2. The summed E-state index contributed by atoms with van der Waals surface area (Å²) in [6.07, 6.45) is 2.96. The van der Waals surface area contributed by atoms with Crippen molar-refractivity contribution in [1.29, 1.82) is 5.26 Å². The molecule has 208 valence electrons. The van der Waals surface area contributed by atoms with Crippen LogP contribution in [0.15, 0.2) is 30.3 Å². The third kappa shape index (κ3) is 5.71. The first-order valence-electron chi connectivity index (χ1n) is 13.5. The van der Waals surface area contributed by atoms with Gasteiger partial charge in [0.15, 0.2) is 0 Å².